The molecule has 0 spiro atoms. The molecule has 1 unspecified atom stereocenters. The third-order valence-corrected chi connectivity index (χ3v) is 1.85. The van der Waals surface area contributed by atoms with Crippen LogP contribution in [0, 0.1) is 5.21 Å². The average molecular weight is 149 g/mol. The summed E-state index contributed by atoms with van der Waals surface area (Å²) >= 11 is 0. The Morgan fingerprint density at radius 2 is 2.09 bits per heavy atom. The van der Waals surface area contributed by atoms with Crippen LogP contribution in [0.15, 0.2) is 24.3 Å². The molecule has 0 aliphatic carbocycles. The number of Topliss-reactive ketones (excluding diaryl/α,β-unsaturated/α-hetero) is 1. The van der Waals surface area contributed by atoms with Gasteiger partial charge in [-0.05, 0) is 6.07 Å². The van der Waals surface area contributed by atoms with Gasteiger partial charge < -0.3 is 10.3 Å². The van der Waals surface area contributed by atoms with Crippen molar-refractivity contribution in [2.45, 2.75) is 0 Å². The van der Waals surface area contributed by atoms with Gasteiger partial charge in [0, 0.05) is 6.07 Å². The molecule has 3 heteroatoms. The van der Waals surface area contributed by atoms with Crippen molar-refractivity contribution in [1.82, 2.24) is 0 Å². The van der Waals surface area contributed by atoms with Crippen LogP contribution >= 0.6 is 0 Å². The molecule has 0 radical (unpaired) electrons. The number of hydrogen-bond donors (Lipinski definition) is 1. The number of carbonyl (C=O) groups excluding carboxylic acids is 1. The molecule has 0 saturated carbocycles. The topological polar surface area (TPSA) is 44.6 Å². The zero-order valence-corrected chi connectivity index (χ0v) is 5.83. The maximum Gasteiger partial charge on any atom is 0.223 e. The van der Waals surface area contributed by atoms with E-state index in [9.17, 15) is 10.0 Å². The number of hydrogen-bond acceptors (Lipinski definition) is 2. The molecule has 0 amide bonds. The zero-order chi connectivity index (χ0) is 7.84. The first kappa shape index (κ1) is 6.52. The molecule has 56 valence electrons. The van der Waals surface area contributed by atoms with E-state index in [1.807, 2.05) is 0 Å². The fraction of sp³-hybridized carbons (Fsp3) is 0.125. The summed E-state index contributed by atoms with van der Waals surface area (Å²) in [6.45, 7) is 0.0549. The van der Waals surface area contributed by atoms with Gasteiger partial charge in [0.25, 0.3) is 0 Å². The highest BCUT2D eigenvalue weighted by molar-refractivity contribution is 6.02. The van der Waals surface area contributed by atoms with Crippen molar-refractivity contribution in [3.63, 3.8) is 0 Å². The van der Waals surface area contributed by atoms with Gasteiger partial charge in [-0.2, -0.15) is 0 Å². The second-order valence-electron chi connectivity index (χ2n) is 2.57. The molecule has 1 N–H and O–H groups in total. The first-order chi connectivity index (χ1) is 5.29. The van der Waals surface area contributed by atoms with E-state index in [1.165, 1.54) is 0 Å². The molecule has 1 aliphatic rings. The minimum Gasteiger partial charge on any atom is -0.629 e. The lowest BCUT2D eigenvalue weighted by Gasteiger charge is -2.13. The van der Waals surface area contributed by atoms with Crippen LogP contribution in [-0.2, 0) is 0 Å². The Morgan fingerprint density at radius 3 is 2.82 bits per heavy atom. The molecule has 1 aliphatic heterocycles. The highest BCUT2D eigenvalue weighted by Gasteiger charge is 2.25. The van der Waals surface area contributed by atoms with Crippen LogP contribution in [-0.4, -0.2) is 12.3 Å². The largest absolute Gasteiger partial charge is 0.629 e. The predicted molar refractivity (Wildman–Crippen MR) is 39.6 cm³/mol. The number of rotatable bonds is 0. The molecule has 1 heterocycles. The minimum absolute atomic E-state index is 0.0504. The lowest BCUT2D eigenvalue weighted by Crippen LogP contribution is -3.01. The summed E-state index contributed by atoms with van der Waals surface area (Å²) in [6.07, 6.45) is 0. The maximum absolute atomic E-state index is 11.1. The van der Waals surface area contributed by atoms with Crippen molar-refractivity contribution in [3.05, 3.63) is 35.0 Å². The van der Waals surface area contributed by atoms with Gasteiger partial charge in [-0.25, -0.2) is 0 Å². The van der Waals surface area contributed by atoms with E-state index >= 15 is 0 Å². The Labute approximate surface area is 63.8 Å². The van der Waals surface area contributed by atoms with Gasteiger partial charge in [0.1, 0.15) is 12.2 Å². The standard InChI is InChI=1S/C8H7NO2/c10-8-5-9(11)7-4-2-1-3-6(7)8/h1-4,9H,5H2. The molecule has 11 heavy (non-hydrogen) atoms. The van der Waals surface area contributed by atoms with Crippen molar-refractivity contribution < 1.29 is 9.86 Å². The number of nitrogens with one attached hydrogen (secondary N) is 1. The summed E-state index contributed by atoms with van der Waals surface area (Å²) in [5.41, 5.74) is 1.16. The summed E-state index contributed by atoms with van der Waals surface area (Å²) in [5.74, 6) is -0.0504. The highest BCUT2D eigenvalue weighted by atomic mass is 16.5. The maximum atomic E-state index is 11.1. The summed E-state index contributed by atoms with van der Waals surface area (Å²) in [7, 11) is 0. The van der Waals surface area contributed by atoms with E-state index in [4.69, 9.17) is 0 Å². The van der Waals surface area contributed by atoms with E-state index in [2.05, 4.69) is 0 Å². The monoisotopic (exact) mass is 149 g/mol. The van der Waals surface area contributed by atoms with Crippen LogP contribution in [0.2, 0.25) is 0 Å². The summed E-state index contributed by atoms with van der Waals surface area (Å²) in [5, 5.41) is 11.0. The van der Waals surface area contributed by atoms with E-state index in [-0.39, 0.29) is 17.4 Å². The number of hydroxylamine groups is 1. The minimum atomic E-state index is -0.0504. The first-order valence-electron chi connectivity index (χ1n) is 3.44. The Hall–Kier alpha value is -1.19. The lowest BCUT2D eigenvalue weighted by atomic mass is 10.1. The molecule has 0 aromatic heterocycles. The molecule has 1 atom stereocenters. The van der Waals surface area contributed by atoms with E-state index in [1.54, 1.807) is 24.3 Å². The number of carbonyl (C=O) groups is 1. The van der Waals surface area contributed by atoms with Gasteiger partial charge in [-0.3, -0.25) is 4.79 Å². The zero-order valence-electron chi connectivity index (χ0n) is 5.83. The number of ketones is 1. The molecular weight excluding hydrogens is 142 g/mol. The predicted octanol–water partition coefficient (Wildman–Crippen LogP) is -0.103. The molecule has 1 aromatic rings. The smallest absolute Gasteiger partial charge is 0.223 e. The number of benzene rings is 1. The average Bonchev–Trinajstić information content (AvgIpc) is 2.30. The van der Waals surface area contributed by atoms with Crippen molar-refractivity contribution in [2.75, 3.05) is 6.54 Å². The number of quaternary nitrogens is 1. The molecule has 1 aromatic carbocycles. The van der Waals surface area contributed by atoms with Crippen molar-refractivity contribution in [3.8, 4) is 0 Å². The van der Waals surface area contributed by atoms with E-state index < -0.39 is 0 Å². The Morgan fingerprint density at radius 1 is 1.36 bits per heavy atom. The fourth-order valence-electron chi connectivity index (χ4n) is 1.31. The van der Waals surface area contributed by atoms with Crippen molar-refractivity contribution in [1.29, 1.82) is 0 Å². The van der Waals surface area contributed by atoms with Gasteiger partial charge in [0.15, 0.2) is 0 Å². The van der Waals surface area contributed by atoms with Crippen LogP contribution in [0.4, 0.5) is 5.69 Å². The first-order valence-corrected chi connectivity index (χ1v) is 3.44. The third-order valence-electron chi connectivity index (χ3n) is 1.85. The Kier molecular flexibility index (Phi) is 1.27. The fourth-order valence-corrected chi connectivity index (χ4v) is 1.31. The molecule has 2 rings (SSSR count). The van der Waals surface area contributed by atoms with Gasteiger partial charge in [-0.1, -0.05) is 12.1 Å². The molecule has 0 saturated heterocycles. The SMILES string of the molecule is O=C1C[NH+]([O-])c2ccccc21. The lowest BCUT2D eigenvalue weighted by molar-refractivity contribution is -0.761. The van der Waals surface area contributed by atoms with Crippen molar-refractivity contribution >= 4 is 11.5 Å². The second kappa shape index (κ2) is 2.15. The third kappa shape index (κ3) is 0.859. The summed E-state index contributed by atoms with van der Waals surface area (Å²) < 4.78 is 0. The van der Waals surface area contributed by atoms with E-state index in [0.717, 1.165) is 0 Å². The number of fused-ring (bicyclic) bond motifs is 1. The van der Waals surface area contributed by atoms with Crippen LogP contribution in [0.5, 0.6) is 0 Å². The van der Waals surface area contributed by atoms with Crippen LogP contribution in [0.3, 0.4) is 0 Å². The molecule has 0 bridgehead atoms. The van der Waals surface area contributed by atoms with Gasteiger partial charge >= 0.3 is 0 Å². The number of para-hydroxylation sites is 1. The van der Waals surface area contributed by atoms with E-state index in [0.29, 0.717) is 11.3 Å². The van der Waals surface area contributed by atoms with Crippen LogP contribution in [0.25, 0.3) is 0 Å². The van der Waals surface area contributed by atoms with Crippen LogP contribution < -0.4 is 5.06 Å². The van der Waals surface area contributed by atoms with Gasteiger partial charge in [0.2, 0.25) is 5.78 Å². The normalized spacial score (nSPS) is 21.9. The van der Waals surface area contributed by atoms with Gasteiger partial charge in [0.05, 0.1) is 5.56 Å². The Bertz CT molecular complexity index is 309. The van der Waals surface area contributed by atoms with Gasteiger partial charge in [-0.15, -0.1) is 0 Å². The summed E-state index contributed by atoms with van der Waals surface area (Å²) in [6, 6.07) is 6.94. The quantitative estimate of drug-likeness (QED) is 0.523. The van der Waals surface area contributed by atoms with Crippen LogP contribution in [0.1, 0.15) is 10.4 Å². The molecule has 3 nitrogen and oxygen atoms in total. The Balaban J connectivity index is 2.60. The molecule has 0 fully saturated rings. The summed E-state index contributed by atoms with van der Waals surface area (Å²) in [4.78, 5) is 11.1. The second-order valence-corrected chi connectivity index (χ2v) is 2.57. The molecular formula is C8H7NO2. The highest BCUT2D eigenvalue weighted by Crippen LogP contribution is 2.14. The van der Waals surface area contributed by atoms with Crippen molar-refractivity contribution in [2.24, 2.45) is 0 Å².